The minimum atomic E-state index is -5.26. The molecular weight excluding hydrogens is 373 g/mol. The summed E-state index contributed by atoms with van der Waals surface area (Å²) in [7, 11) is -5.26. The minimum Gasteiger partial charge on any atom is -0.790 e. The van der Waals surface area contributed by atoms with E-state index in [1.165, 1.54) is 0 Å². The first-order chi connectivity index (χ1) is 11.2. The fourth-order valence-corrected chi connectivity index (χ4v) is 2.72. The summed E-state index contributed by atoms with van der Waals surface area (Å²) in [5.74, 6) is -0.194. The Balaban J connectivity index is 0.00000225. The van der Waals surface area contributed by atoms with E-state index < -0.39 is 44.5 Å². The summed E-state index contributed by atoms with van der Waals surface area (Å²) in [5.41, 5.74) is 4.77. The summed E-state index contributed by atoms with van der Waals surface area (Å²) < 4.78 is 21.0. The van der Waals surface area contributed by atoms with Crippen LogP contribution in [-0.4, -0.2) is 77.7 Å². The topological polar surface area (TPSA) is 212 Å². The Morgan fingerprint density at radius 1 is 1.44 bits per heavy atom. The zero-order chi connectivity index (χ0) is 17.6. The number of phosphoric acid groups is 1. The van der Waals surface area contributed by atoms with Crippen LogP contribution in [0.1, 0.15) is 6.23 Å². The van der Waals surface area contributed by atoms with E-state index in [-0.39, 0.29) is 40.2 Å². The van der Waals surface area contributed by atoms with E-state index in [9.17, 15) is 29.4 Å². The number of H-pyrrole nitrogens is 1. The van der Waals surface area contributed by atoms with Gasteiger partial charge in [0.25, 0.3) is 5.56 Å². The number of anilines is 1. The minimum absolute atomic E-state index is 0. The molecule has 0 amide bonds. The number of hydrogen-bond acceptors (Lipinski definition) is 11. The molecule has 1 fully saturated rings. The number of imidazole rings is 1. The molecule has 132 valence electrons. The molecule has 0 aromatic carbocycles. The van der Waals surface area contributed by atoms with Crippen molar-refractivity contribution in [2.45, 2.75) is 24.5 Å². The Kier molecular flexibility index (Phi) is 5.87. The van der Waals surface area contributed by atoms with Gasteiger partial charge in [0.1, 0.15) is 18.3 Å². The Bertz CT molecular complexity index is 867. The molecule has 13 nitrogen and oxygen atoms in total. The molecule has 0 bridgehead atoms. The van der Waals surface area contributed by atoms with Crippen molar-refractivity contribution in [1.29, 1.82) is 0 Å². The third-order valence-corrected chi connectivity index (χ3v) is 3.92. The number of aromatic amines is 1. The zero-order valence-electron chi connectivity index (χ0n) is 12.5. The monoisotopic (exact) mass is 385 g/mol. The van der Waals surface area contributed by atoms with Crippen LogP contribution in [0.15, 0.2) is 11.1 Å². The first kappa shape index (κ1) is 20.2. The Labute approximate surface area is 155 Å². The third-order valence-electron chi connectivity index (χ3n) is 3.46. The molecule has 0 aliphatic carbocycles. The van der Waals surface area contributed by atoms with E-state index in [1.807, 2.05) is 0 Å². The van der Waals surface area contributed by atoms with Crippen molar-refractivity contribution in [1.82, 2.24) is 19.5 Å². The molecule has 4 atom stereocenters. The molecule has 0 radical (unpaired) electrons. The molecule has 1 aliphatic heterocycles. The van der Waals surface area contributed by atoms with Crippen molar-refractivity contribution < 1.29 is 33.8 Å². The van der Waals surface area contributed by atoms with Crippen LogP contribution in [0.2, 0.25) is 0 Å². The average Bonchev–Trinajstić information content (AvgIpc) is 3.00. The van der Waals surface area contributed by atoms with Crippen LogP contribution in [0, 0.1) is 0 Å². The average molecular weight is 386 g/mol. The number of rotatable bonds is 4. The molecule has 3 heterocycles. The summed E-state index contributed by atoms with van der Waals surface area (Å²) >= 11 is 0. The van der Waals surface area contributed by atoms with Crippen molar-refractivity contribution in [2.75, 3.05) is 12.3 Å². The van der Waals surface area contributed by atoms with E-state index in [0.29, 0.717) is 0 Å². The van der Waals surface area contributed by atoms with Crippen LogP contribution in [0.5, 0.6) is 0 Å². The van der Waals surface area contributed by atoms with Gasteiger partial charge in [0.15, 0.2) is 17.4 Å². The van der Waals surface area contributed by atoms with Crippen LogP contribution >= 0.6 is 7.82 Å². The Hall–Kier alpha value is -1.09. The fraction of sp³-hybridized carbons (Fsp3) is 0.500. The van der Waals surface area contributed by atoms with Gasteiger partial charge in [0.05, 0.1) is 20.8 Å². The van der Waals surface area contributed by atoms with E-state index >= 15 is 0 Å². The molecular formula is C10H12MgN5O8P. The SMILES string of the molecule is Nc1nc2c(ncn2[C@@H]2O[C@H](COP(=O)([O-])[O-])[C@@H](O)[C@H]2O)c(=O)[nH]1.[Mg+2]. The molecule has 1 saturated heterocycles. The van der Waals surface area contributed by atoms with Crippen molar-refractivity contribution >= 4 is 48.0 Å². The Morgan fingerprint density at radius 3 is 2.76 bits per heavy atom. The molecule has 0 saturated carbocycles. The summed E-state index contributed by atoms with van der Waals surface area (Å²) in [4.78, 5) is 42.7. The number of nitrogens with two attached hydrogens (primary N) is 1. The Morgan fingerprint density at radius 2 is 2.12 bits per heavy atom. The van der Waals surface area contributed by atoms with Gasteiger partial charge < -0.3 is 39.6 Å². The molecule has 5 N–H and O–H groups in total. The largest absolute Gasteiger partial charge is 2.00 e. The third kappa shape index (κ3) is 4.02. The van der Waals surface area contributed by atoms with Crippen molar-refractivity contribution in [3.8, 4) is 0 Å². The van der Waals surface area contributed by atoms with Gasteiger partial charge in [0.2, 0.25) is 5.95 Å². The van der Waals surface area contributed by atoms with E-state index in [4.69, 9.17) is 10.5 Å². The fourth-order valence-electron chi connectivity index (χ4n) is 2.39. The summed E-state index contributed by atoms with van der Waals surface area (Å²) in [5, 5.41) is 20.0. The van der Waals surface area contributed by atoms with Crippen molar-refractivity contribution in [3.63, 3.8) is 0 Å². The van der Waals surface area contributed by atoms with Crippen LogP contribution < -0.4 is 21.1 Å². The number of hydrogen-bond donors (Lipinski definition) is 4. The maximum Gasteiger partial charge on any atom is 2.00 e. The first-order valence-electron chi connectivity index (χ1n) is 6.58. The van der Waals surface area contributed by atoms with Crippen LogP contribution in [0.3, 0.4) is 0 Å². The molecule has 1 aliphatic rings. The molecule has 2 aromatic rings. The number of nitrogen functional groups attached to an aromatic ring is 1. The number of phosphoric ester groups is 1. The maximum absolute atomic E-state index is 11.7. The second-order valence-corrected chi connectivity index (χ2v) is 6.22. The normalized spacial score (nSPS) is 26.7. The molecule has 0 unspecified atom stereocenters. The van der Waals surface area contributed by atoms with E-state index in [1.54, 1.807) is 0 Å². The van der Waals surface area contributed by atoms with Crippen LogP contribution in [0.25, 0.3) is 11.2 Å². The number of ether oxygens (including phenoxy) is 1. The van der Waals surface area contributed by atoms with E-state index in [0.717, 1.165) is 10.9 Å². The number of aromatic nitrogens is 4. The molecule has 15 heteroatoms. The summed E-state index contributed by atoms with van der Waals surface area (Å²) in [6.45, 7) is -0.776. The van der Waals surface area contributed by atoms with Gasteiger partial charge in [0, 0.05) is 0 Å². The second-order valence-electron chi connectivity index (χ2n) is 5.06. The zero-order valence-corrected chi connectivity index (χ0v) is 14.8. The molecule has 0 spiro atoms. The number of aliphatic hydroxyl groups is 2. The van der Waals surface area contributed by atoms with Gasteiger partial charge in [-0.15, -0.1) is 0 Å². The summed E-state index contributed by atoms with van der Waals surface area (Å²) in [6, 6.07) is 0. The number of nitrogens with one attached hydrogen (secondary N) is 1. The first-order valence-corrected chi connectivity index (χ1v) is 8.04. The second kappa shape index (κ2) is 7.26. The molecule has 25 heavy (non-hydrogen) atoms. The standard InChI is InChI=1S/C10H14N5O8P.Mg/c11-10-13-7-4(8(18)14-10)12-2-15(7)9-6(17)5(16)3(23-9)1-22-24(19,20)21;/h2-3,5-6,9,16-17H,1H2,(H2,19,20,21)(H3,11,13,14,18);/q;+2/p-2/t3-,5-,6-,9-;/m1./s1. The van der Waals surface area contributed by atoms with Crippen molar-refractivity contribution in [3.05, 3.63) is 16.7 Å². The van der Waals surface area contributed by atoms with Gasteiger partial charge >= 0.3 is 23.1 Å². The van der Waals surface area contributed by atoms with Gasteiger partial charge in [-0.3, -0.25) is 14.3 Å². The maximum atomic E-state index is 11.7. The smallest absolute Gasteiger partial charge is 0.790 e. The number of fused-ring (bicyclic) bond motifs is 1. The quantitative estimate of drug-likeness (QED) is 0.292. The van der Waals surface area contributed by atoms with Crippen LogP contribution in [0.4, 0.5) is 5.95 Å². The molecule has 2 aromatic heterocycles. The predicted molar refractivity (Wildman–Crippen MR) is 77.8 cm³/mol. The predicted octanol–water partition coefficient (Wildman–Crippen LogP) is -4.21. The van der Waals surface area contributed by atoms with Crippen LogP contribution in [-0.2, 0) is 13.8 Å². The van der Waals surface area contributed by atoms with Gasteiger partial charge in [-0.05, 0) is 0 Å². The van der Waals surface area contributed by atoms with E-state index in [2.05, 4.69) is 19.5 Å². The summed E-state index contributed by atoms with van der Waals surface area (Å²) in [6.07, 6.45) is -4.46. The van der Waals surface area contributed by atoms with Gasteiger partial charge in [-0.25, -0.2) is 4.98 Å². The number of aliphatic hydroxyl groups excluding tert-OH is 2. The number of nitrogens with zero attached hydrogens (tertiary/aromatic N) is 3. The molecule has 3 rings (SSSR count). The van der Waals surface area contributed by atoms with Crippen molar-refractivity contribution in [2.24, 2.45) is 0 Å². The van der Waals surface area contributed by atoms with Gasteiger partial charge in [-0.2, -0.15) is 4.98 Å². The van der Waals surface area contributed by atoms with Gasteiger partial charge in [-0.1, -0.05) is 0 Å².